The first-order chi connectivity index (χ1) is 8.81. The Morgan fingerprint density at radius 1 is 1.32 bits per heavy atom. The highest BCUT2D eigenvalue weighted by molar-refractivity contribution is 5.97. The number of hydrogen-bond acceptors (Lipinski definition) is 4. The standard InChI is InChI=1S/C13H20N2O4/c1-7(2)11(12(17)15-13(14)18)19-10(16)6-8(3)9-4-5-9/h6-7,9,11H,4-5H2,1-3H3,(H3,14,15,17,18)/b8-6-/t11-/m1/s1. The summed E-state index contributed by atoms with van der Waals surface area (Å²) in [5, 5.41) is 1.92. The molecular formula is C13H20N2O4. The summed E-state index contributed by atoms with van der Waals surface area (Å²) in [6.07, 6.45) is 2.56. The molecule has 0 aromatic rings. The van der Waals surface area contributed by atoms with Crippen LogP contribution in [0.3, 0.4) is 0 Å². The summed E-state index contributed by atoms with van der Waals surface area (Å²) < 4.78 is 5.09. The molecule has 0 aromatic carbocycles. The molecule has 1 atom stereocenters. The zero-order valence-electron chi connectivity index (χ0n) is 11.4. The monoisotopic (exact) mass is 268 g/mol. The molecule has 0 radical (unpaired) electrons. The highest BCUT2D eigenvalue weighted by atomic mass is 16.5. The average Bonchev–Trinajstić information content (AvgIpc) is 3.07. The number of amides is 3. The van der Waals surface area contributed by atoms with E-state index >= 15 is 0 Å². The summed E-state index contributed by atoms with van der Waals surface area (Å²) in [6, 6.07) is -0.962. The average molecular weight is 268 g/mol. The number of nitrogens with one attached hydrogen (secondary N) is 1. The number of carbonyl (C=O) groups is 3. The molecule has 3 N–H and O–H groups in total. The van der Waals surface area contributed by atoms with Crippen LogP contribution >= 0.6 is 0 Å². The predicted octanol–water partition coefficient (Wildman–Crippen LogP) is 1.11. The van der Waals surface area contributed by atoms with Crippen LogP contribution in [0.2, 0.25) is 0 Å². The Balaban J connectivity index is 2.62. The van der Waals surface area contributed by atoms with Crippen LogP contribution in [-0.2, 0) is 14.3 Å². The number of hydrogen-bond donors (Lipinski definition) is 2. The smallest absolute Gasteiger partial charge is 0.331 e. The second-order valence-electron chi connectivity index (χ2n) is 5.12. The minimum Gasteiger partial charge on any atom is -0.449 e. The van der Waals surface area contributed by atoms with Crippen molar-refractivity contribution in [1.82, 2.24) is 5.32 Å². The zero-order valence-corrected chi connectivity index (χ0v) is 11.4. The normalized spacial score (nSPS) is 16.9. The first kappa shape index (κ1) is 15.2. The van der Waals surface area contributed by atoms with Gasteiger partial charge in [-0.25, -0.2) is 9.59 Å². The van der Waals surface area contributed by atoms with Gasteiger partial charge >= 0.3 is 12.0 Å². The molecule has 106 valence electrons. The summed E-state index contributed by atoms with van der Waals surface area (Å²) >= 11 is 0. The zero-order chi connectivity index (χ0) is 14.6. The summed E-state index contributed by atoms with van der Waals surface area (Å²) in [7, 11) is 0. The maximum absolute atomic E-state index is 11.7. The number of ether oxygens (including phenoxy) is 1. The van der Waals surface area contributed by atoms with Crippen molar-refractivity contribution >= 4 is 17.9 Å². The van der Waals surface area contributed by atoms with Gasteiger partial charge in [-0.1, -0.05) is 19.4 Å². The van der Waals surface area contributed by atoms with Crippen LogP contribution in [0, 0.1) is 11.8 Å². The molecule has 1 rings (SSSR count). The Hall–Kier alpha value is -1.85. The van der Waals surface area contributed by atoms with Crippen molar-refractivity contribution in [3.05, 3.63) is 11.6 Å². The van der Waals surface area contributed by atoms with Crippen LogP contribution in [0.15, 0.2) is 11.6 Å². The van der Waals surface area contributed by atoms with Gasteiger partial charge in [-0.3, -0.25) is 10.1 Å². The van der Waals surface area contributed by atoms with Crippen LogP contribution in [0.5, 0.6) is 0 Å². The molecule has 0 spiro atoms. The first-order valence-electron chi connectivity index (χ1n) is 6.30. The lowest BCUT2D eigenvalue weighted by Gasteiger charge is -2.19. The third kappa shape index (κ3) is 5.11. The number of imide groups is 1. The van der Waals surface area contributed by atoms with Gasteiger partial charge in [0.2, 0.25) is 0 Å². The molecule has 0 aromatic heterocycles. The Bertz CT molecular complexity index is 411. The van der Waals surface area contributed by atoms with E-state index in [0.717, 1.165) is 18.4 Å². The van der Waals surface area contributed by atoms with Gasteiger partial charge in [-0.15, -0.1) is 0 Å². The van der Waals surface area contributed by atoms with Crippen molar-refractivity contribution in [3.8, 4) is 0 Å². The molecular weight excluding hydrogens is 248 g/mol. The summed E-state index contributed by atoms with van der Waals surface area (Å²) in [5.74, 6) is -1.06. The topological polar surface area (TPSA) is 98.5 Å². The number of nitrogens with two attached hydrogens (primary N) is 1. The van der Waals surface area contributed by atoms with Crippen LogP contribution in [0.25, 0.3) is 0 Å². The molecule has 19 heavy (non-hydrogen) atoms. The largest absolute Gasteiger partial charge is 0.449 e. The van der Waals surface area contributed by atoms with Gasteiger partial charge in [0.25, 0.3) is 5.91 Å². The van der Waals surface area contributed by atoms with Crippen LogP contribution < -0.4 is 11.1 Å². The molecule has 1 aliphatic rings. The lowest BCUT2D eigenvalue weighted by atomic mass is 10.1. The van der Waals surface area contributed by atoms with Gasteiger partial charge in [0, 0.05) is 6.08 Å². The molecule has 0 aliphatic heterocycles. The highest BCUT2D eigenvalue weighted by Crippen LogP contribution is 2.35. The Morgan fingerprint density at radius 2 is 1.89 bits per heavy atom. The van der Waals surface area contributed by atoms with E-state index in [9.17, 15) is 14.4 Å². The summed E-state index contributed by atoms with van der Waals surface area (Å²) in [4.78, 5) is 34.0. The van der Waals surface area contributed by atoms with Gasteiger partial charge in [0.15, 0.2) is 6.10 Å². The maximum Gasteiger partial charge on any atom is 0.331 e. The van der Waals surface area contributed by atoms with Crippen LogP contribution in [0.4, 0.5) is 4.79 Å². The van der Waals surface area contributed by atoms with Crippen molar-refractivity contribution < 1.29 is 19.1 Å². The van der Waals surface area contributed by atoms with Crippen molar-refractivity contribution in [1.29, 1.82) is 0 Å². The highest BCUT2D eigenvalue weighted by Gasteiger charge is 2.28. The molecule has 0 heterocycles. The van der Waals surface area contributed by atoms with E-state index in [1.54, 1.807) is 13.8 Å². The fourth-order valence-electron chi connectivity index (χ4n) is 1.69. The third-order valence-corrected chi connectivity index (χ3v) is 2.92. The van der Waals surface area contributed by atoms with Gasteiger partial charge in [-0.05, 0) is 31.6 Å². The number of rotatable bonds is 5. The van der Waals surface area contributed by atoms with Crippen LogP contribution in [0.1, 0.15) is 33.6 Å². The first-order valence-corrected chi connectivity index (χ1v) is 6.30. The number of allylic oxidation sites excluding steroid dienone is 1. The van der Waals surface area contributed by atoms with E-state index < -0.39 is 24.0 Å². The van der Waals surface area contributed by atoms with E-state index in [4.69, 9.17) is 10.5 Å². The second-order valence-corrected chi connectivity index (χ2v) is 5.12. The molecule has 1 fully saturated rings. The summed E-state index contributed by atoms with van der Waals surface area (Å²) in [5.41, 5.74) is 5.83. The summed E-state index contributed by atoms with van der Waals surface area (Å²) in [6.45, 7) is 5.30. The van der Waals surface area contributed by atoms with Gasteiger partial charge in [0.1, 0.15) is 0 Å². The molecule has 0 bridgehead atoms. The number of esters is 1. The Morgan fingerprint density at radius 3 is 2.32 bits per heavy atom. The molecule has 0 unspecified atom stereocenters. The second kappa shape index (κ2) is 6.36. The number of primary amides is 1. The third-order valence-electron chi connectivity index (χ3n) is 2.92. The number of carbonyl (C=O) groups excluding carboxylic acids is 3. The molecule has 6 nitrogen and oxygen atoms in total. The van der Waals surface area contributed by atoms with E-state index in [0.29, 0.717) is 5.92 Å². The number of urea groups is 1. The Labute approximate surface area is 112 Å². The molecule has 0 saturated heterocycles. The van der Waals surface area contributed by atoms with E-state index in [1.165, 1.54) is 6.08 Å². The molecule has 1 saturated carbocycles. The molecule has 1 aliphatic carbocycles. The van der Waals surface area contributed by atoms with Crippen molar-refractivity contribution in [2.45, 2.75) is 39.7 Å². The minimum atomic E-state index is -1.02. The van der Waals surface area contributed by atoms with E-state index in [1.807, 2.05) is 12.2 Å². The molecule has 6 heteroatoms. The van der Waals surface area contributed by atoms with Crippen LogP contribution in [-0.4, -0.2) is 24.0 Å². The quantitative estimate of drug-likeness (QED) is 0.576. The van der Waals surface area contributed by atoms with Gasteiger partial charge < -0.3 is 10.5 Å². The SMILES string of the molecule is C/C(=C/C(=O)O[C@@H](C(=O)NC(N)=O)C(C)C)C1CC1. The molecule has 3 amide bonds. The van der Waals surface area contributed by atoms with Crippen molar-refractivity contribution in [3.63, 3.8) is 0 Å². The maximum atomic E-state index is 11.7. The fraction of sp³-hybridized carbons (Fsp3) is 0.615. The van der Waals surface area contributed by atoms with E-state index in [2.05, 4.69) is 0 Å². The lowest BCUT2D eigenvalue weighted by Crippen LogP contribution is -2.45. The predicted molar refractivity (Wildman–Crippen MR) is 68.9 cm³/mol. The lowest BCUT2D eigenvalue weighted by molar-refractivity contribution is -0.153. The van der Waals surface area contributed by atoms with Gasteiger partial charge in [-0.2, -0.15) is 0 Å². The van der Waals surface area contributed by atoms with Crippen molar-refractivity contribution in [2.24, 2.45) is 17.6 Å². The van der Waals surface area contributed by atoms with E-state index in [-0.39, 0.29) is 5.92 Å². The van der Waals surface area contributed by atoms with Crippen molar-refractivity contribution in [2.75, 3.05) is 0 Å². The van der Waals surface area contributed by atoms with Gasteiger partial charge in [0.05, 0.1) is 0 Å². The fourth-order valence-corrected chi connectivity index (χ4v) is 1.69. The minimum absolute atomic E-state index is 0.252. The Kier molecular flexibility index (Phi) is 5.09.